The maximum absolute atomic E-state index is 13.3. The van der Waals surface area contributed by atoms with Crippen LogP contribution in [0.2, 0.25) is 5.02 Å². The number of nitrogens with one attached hydrogen (secondary N) is 1. The Bertz CT molecular complexity index is 1150. The molecule has 0 aliphatic carbocycles. The van der Waals surface area contributed by atoms with Gasteiger partial charge in [-0.2, -0.15) is 0 Å². The zero-order valence-electron chi connectivity index (χ0n) is 16.9. The lowest BCUT2D eigenvalue weighted by atomic mass is 10.1. The molecule has 0 spiro atoms. The quantitative estimate of drug-likeness (QED) is 0.550. The van der Waals surface area contributed by atoms with Crippen LogP contribution in [0, 0.1) is 0 Å². The molecule has 0 aliphatic rings. The van der Waals surface area contributed by atoms with E-state index in [1.54, 1.807) is 30.5 Å². The second kappa shape index (κ2) is 9.80. The first-order valence-corrected chi connectivity index (χ1v) is 11.2. The normalized spacial score (nSPS) is 12.1. The minimum atomic E-state index is -3.83. The van der Waals surface area contributed by atoms with Crippen molar-refractivity contribution in [3.05, 3.63) is 83.1 Å². The summed E-state index contributed by atoms with van der Waals surface area (Å²) in [4.78, 5) is 16.8. The van der Waals surface area contributed by atoms with Crippen molar-refractivity contribution < 1.29 is 22.7 Å². The fourth-order valence-electron chi connectivity index (χ4n) is 3.03. The number of nitrogens with zero attached hydrogens (tertiary/aromatic N) is 1. The Morgan fingerprint density at radius 2 is 1.77 bits per heavy atom. The number of hydrogen-bond donors (Lipinski definition) is 1. The van der Waals surface area contributed by atoms with Crippen LogP contribution in [-0.4, -0.2) is 40.1 Å². The number of pyridine rings is 1. The van der Waals surface area contributed by atoms with Crippen molar-refractivity contribution in [1.29, 1.82) is 0 Å². The lowest BCUT2D eigenvalue weighted by molar-refractivity contribution is 0.0953. The summed E-state index contributed by atoms with van der Waals surface area (Å²) in [7, 11) is -0.864. The molecule has 162 valence electrons. The molecule has 1 heterocycles. The first-order valence-electron chi connectivity index (χ1n) is 9.26. The lowest BCUT2D eigenvalue weighted by Crippen LogP contribution is -2.32. The van der Waals surface area contributed by atoms with E-state index in [1.165, 1.54) is 50.7 Å². The number of aromatic nitrogens is 1. The standard InChI is InChI=1S/C22H21ClN2O5S/c1-29-19-10-5-15(12-20(19)30-2)22(26)25-14-21(16-4-3-11-24-13-16)31(27,28)18-8-6-17(23)7-9-18/h3-13,21H,14H2,1-2H3,(H,25,26)/t21-/m1/s1. The van der Waals surface area contributed by atoms with E-state index in [0.717, 1.165) is 0 Å². The third-order valence-electron chi connectivity index (χ3n) is 4.67. The second-order valence-electron chi connectivity index (χ2n) is 6.55. The summed E-state index contributed by atoms with van der Waals surface area (Å²) in [5.74, 6) is 0.437. The van der Waals surface area contributed by atoms with E-state index >= 15 is 0 Å². The maximum atomic E-state index is 13.3. The number of carbonyl (C=O) groups is 1. The number of methoxy groups -OCH3 is 2. The number of rotatable bonds is 8. The third kappa shape index (κ3) is 5.15. The molecule has 1 atom stereocenters. The van der Waals surface area contributed by atoms with Gasteiger partial charge in [0.1, 0.15) is 5.25 Å². The first kappa shape index (κ1) is 22.6. The van der Waals surface area contributed by atoms with Gasteiger partial charge in [-0.3, -0.25) is 9.78 Å². The van der Waals surface area contributed by atoms with E-state index in [0.29, 0.717) is 27.6 Å². The molecule has 2 aromatic carbocycles. The van der Waals surface area contributed by atoms with Crippen LogP contribution in [0.1, 0.15) is 21.2 Å². The molecule has 1 N–H and O–H groups in total. The molecular formula is C22H21ClN2O5S. The Morgan fingerprint density at radius 1 is 1.06 bits per heavy atom. The van der Waals surface area contributed by atoms with Crippen molar-refractivity contribution in [2.45, 2.75) is 10.1 Å². The largest absolute Gasteiger partial charge is 0.493 e. The van der Waals surface area contributed by atoms with E-state index < -0.39 is 21.0 Å². The first-order chi connectivity index (χ1) is 14.9. The molecule has 31 heavy (non-hydrogen) atoms. The van der Waals surface area contributed by atoms with Crippen molar-refractivity contribution in [1.82, 2.24) is 10.3 Å². The molecule has 1 aromatic heterocycles. The molecule has 0 bridgehead atoms. The smallest absolute Gasteiger partial charge is 0.251 e. The van der Waals surface area contributed by atoms with Gasteiger partial charge < -0.3 is 14.8 Å². The SMILES string of the molecule is COc1ccc(C(=O)NC[C@H](c2cccnc2)S(=O)(=O)c2ccc(Cl)cc2)cc1OC. The number of halogens is 1. The van der Waals surface area contributed by atoms with Gasteiger partial charge in [0.05, 0.1) is 19.1 Å². The highest BCUT2D eigenvalue weighted by Crippen LogP contribution is 2.30. The summed E-state index contributed by atoms with van der Waals surface area (Å²) in [6.07, 6.45) is 3.03. The van der Waals surface area contributed by atoms with Gasteiger partial charge in [0, 0.05) is 29.5 Å². The fraction of sp³-hybridized carbons (Fsp3) is 0.182. The van der Waals surface area contributed by atoms with Crippen LogP contribution in [0.5, 0.6) is 11.5 Å². The van der Waals surface area contributed by atoms with E-state index in [9.17, 15) is 13.2 Å². The maximum Gasteiger partial charge on any atom is 0.251 e. The molecule has 0 radical (unpaired) electrons. The summed E-state index contributed by atoms with van der Waals surface area (Å²) in [6, 6.07) is 13.9. The second-order valence-corrected chi connectivity index (χ2v) is 9.12. The topological polar surface area (TPSA) is 94.6 Å². The molecule has 7 nitrogen and oxygen atoms in total. The Kier molecular flexibility index (Phi) is 7.14. The van der Waals surface area contributed by atoms with Crippen molar-refractivity contribution in [2.75, 3.05) is 20.8 Å². The molecular weight excluding hydrogens is 440 g/mol. The van der Waals surface area contributed by atoms with Crippen molar-refractivity contribution >= 4 is 27.3 Å². The molecule has 9 heteroatoms. The average Bonchev–Trinajstić information content (AvgIpc) is 2.79. The van der Waals surface area contributed by atoms with E-state index in [1.807, 2.05) is 0 Å². The number of amides is 1. The van der Waals surface area contributed by atoms with E-state index in [-0.39, 0.29) is 11.4 Å². The van der Waals surface area contributed by atoms with Crippen molar-refractivity contribution in [3.8, 4) is 11.5 Å². The molecule has 0 fully saturated rings. The molecule has 0 saturated heterocycles. The Balaban J connectivity index is 1.88. The zero-order valence-corrected chi connectivity index (χ0v) is 18.5. The van der Waals surface area contributed by atoms with Gasteiger partial charge in [-0.05, 0) is 54.1 Å². The number of hydrogen-bond acceptors (Lipinski definition) is 6. The number of benzene rings is 2. The molecule has 3 rings (SSSR count). The predicted octanol–water partition coefficient (Wildman–Crippen LogP) is 3.70. The molecule has 3 aromatic rings. The van der Waals surface area contributed by atoms with Gasteiger partial charge >= 0.3 is 0 Å². The zero-order chi connectivity index (χ0) is 22.4. The van der Waals surface area contributed by atoms with Gasteiger partial charge in [0.25, 0.3) is 5.91 Å². The van der Waals surface area contributed by atoms with Gasteiger partial charge in [-0.1, -0.05) is 17.7 Å². The Morgan fingerprint density at radius 3 is 2.39 bits per heavy atom. The predicted molar refractivity (Wildman–Crippen MR) is 117 cm³/mol. The van der Waals surface area contributed by atoms with Gasteiger partial charge in [0.2, 0.25) is 0 Å². The Labute approximate surface area is 185 Å². The lowest BCUT2D eigenvalue weighted by Gasteiger charge is -2.19. The summed E-state index contributed by atoms with van der Waals surface area (Å²) < 4.78 is 37.0. The van der Waals surface area contributed by atoms with Crippen LogP contribution in [0.25, 0.3) is 0 Å². The van der Waals surface area contributed by atoms with Crippen LogP contribution < -0.4 is 14.8 Å². The third-order valence-corrected chi connectivity index (χ3v) is 7.04. The summed E-state index contributed by atoms with van der Waals surface area (Å²) in [5, 5.41) is 2.10. The van der Waals surface area contributed by atoms with Gasteiger partial charge in [-0.25, -0.2) is 8.42 Å². The molecule has 0 aliphatic heterocycles. The fourth-order valence-corrected chi connectivity index (χ4v) is 4.80. The minimum Gasteiger partial charge on any atom is -0.493 e. The number of ether oxygens (including phenoxy) is 2. The van der Waals surface area contributed by atoms with Crippen molar-refractivity contribution in [2.24, 2.45) is 0 Å². The summed E-state index contributed by atoms with van der Waals surface area (Å²) in [6.45, 7) is -0.149. The van der Waals surface area contributed by atoms with Crippen LogP contribution in [0.15, 0.2) is 71.9 Å². The molecule has 1 amide bonds. The van der Waals surface area contributed by atoms with Crippen LogP contribution in [0.4, 0.5) is 0 Å². The van der Waals surface area contributed by atoms with Gasteiger partial charge in [-0.15, -0.1) is 0 Å². The summed E-state index contributed by atoms with van der Waals surface area (Å²) in [5.41, 5.74) is 0.775. The summed E-state index contributed by atoms with van der Waals surface area (Å²) >= 11 is 5.89. The van der Waals surface area contributed by atoms with Crippen molar-refractivity contribution in [3.63, 3.8) is 0 Å². The highest BCUT2D eigenvalue weighted by Gasteiger charge is 2.30. The van der Waals surface area contributed by atoms with Gasteiger partial charge in [0.15, 0.2) is 21.3 Å². The van der Waals surface area contributed by atoms with Crippen LogP contribution in [0.3, 0.4) is 0 Å². The molecule has 0 saturated carbocycles. The van der Waals surface area contributed by atoms with E-state index in [4.69, 9.17) is 21.1 Å². The average molecular weight is 461 g/mol. The Hall–Kier alpha value is -3.10. The monoisotopic (exact) mass is 460 g/mol. The minimum absolute atomic E-state index is 0.103. The highest BCUT2D eigenvalue weighted by atomic mass is 35.5. The highest BCUT2D eigenvalue weighted by molar-refractivity contribution is 7.91. The number of sulfone groups is 1. The number of carbonyl (C=O) groups excluding carboxylic acids is 1. The van der Waals surface area contributed by atoms with E-state index in [2.05, 4.69) is 10.3 Å². The molecule has 0 unspecified atom stereocenters. The van der Waals surface area contributed by atoms with Crippen LogP contribution in [-0.2, 0) is 9.84 Å². The van der Waals surface area contributed by atoms with Crippen LogP contribution >= 0.6 is 11.6 Å².